The molecule has 0 unspecified atom stereocenters. The van der Waals surface area contributed by atoms with Crippen molar-refractivity contribution in [3.63, 3.8) is 0 Å². The van der Waals surface area contributed by atoms with Gasteiger partial charge in [-0.3, -0.25) is 9.59 Å². The van der Waals surface area contributed by atoms with E-state index in [9.17, 15) is 9.59 Å². The minimum atomic E-state index is -0.635. The number of nitrogens with one attached hydrogen (secondary N) is 1. The summed E-state index contributed by atoms with van der Waals surface area (Å²) in [5.41, 5.74) is 2.98. The Labute approximate surface area is 161 Å². The van der Waals surface area contributed by atoms with Gasteiger partial charge in [0.1, 0.15) is 16.5 Å². The van der Waals surface area contributed by atoms with Gasteiger partial charge >= 0.3 is 0 Å². The lowest BCUT2D eigenvalue weighted by Crippen LogP contribution is -2.32. The molecule has 0 aliphatic carbocycles. The molecule has 0 saturated carbocycles. The van der Waals surface area contributed by atoms with Crippen molar-refractivity contribution in [2.24, 2.45) is 0 Å². The average molecular weight is 391 g/mol. The van der Waals surface area contributed by atoms with Gasteiger partial charge < -0.3 is 10.1 Å². The van der Waals surface area contributed by atoms with E-state index in [1.54, 1.807) is 12.1 Å². The highest BCUT2D eigenvalue weighted by Crippen LogP contribution is 2.37. The van der Waals surface area contributed by atoms with Crippen molar-refractivity contribution in [2.75, 3.05) is 17.3 Å². The van der Waals surface area contributed by atoms with Crippen molar-refractivity contribution in [1.29, 1.82) is 0 Å². The molecule has 3 rings (SSSR count). The molecule has 2 amide bonds. The molecule has 1 aliphatic heterocycles. The van der Waals surface area contributed by atoms with E-state index in [4.69, 9.17) is 27.9 Å². The summed E-state index contributed by atoms with van der Waals surface area (Å²) < 4.78 is 5.24. The van der Waals surface area contributed by atoms with Crippen LogP contribution in [-0.4, -0.2) is 18.9 Å². The van der Waals surface area contributed by atoms with Gasteiger partial charge in [-0.05, 0) is 43.7 Å². The maximum atomic E-state index is 12.9. The first-order valence-electron chi connectivity index (χ1n) is 7.80. The number of rotatable bonds is 4. The molecule has 0 radical (unpaired) electrons. The van der Waals surface area contributed by atoms with Crippen LogP contribution in [0.1, 0.15) is 11.1 Å². The summed E-state index contributed by atoms with van der Waals surface area (Å²) in [6.45, 7) is 3.88. The zero-order chi connectivity index (χ0) is 19.0. The van der Waals surface area contributed by atoms with E-state index in [1.165, 1.54) is 13.2 Å². The molecule has 0 saturated heterocycles. The predicted octanol–water partition coefficient (Wildman–Crippen LogP) is 4.40. The fourth-order valence-electron chi connectivity index (χ4n) is 2.76. The molecular formula is C19H16Cl2N2O3. The number of amides is 2. The van der Waals surface area contributed by atoms with E-state index in [1.807, 2.05) is 32.0 Å². The summed E-state index contributed by atoms with van der Waals surface area (Å²) in [4.78, 5) is 26.5. The van der Waals surface area contributed by atoms with Crippen molar-refractivity contribution >= 4 is 46.4 Å². The van der Waals surface area contributed by atoms with Crippen LogP contribution in [0.2, 0.25) is 5.02 Å². The number of halogens is 2. The van der Waals surface area contributed by atoms with Crippen LogP contribution < -0.4 is 15.0 Å². The highest BCUT2D eigenvalue weighted by atomic mass is 35.5. The number of aryl methyl sites for hydroxylation is 2. The van der Waals surface area contributed by atoms with Crippen LogP contribution in [0.3, 0.4) is 0 Å². The lowest BCUT2D eigenvalue weighted by molar-refractivity contribution is -0.120. The van der Waals surface area contributed by atoms with Crippen LogP contribution in [0.15, 0.2) is 47.1 Å². The maximum Gasteiger partial charge on any atom is 0.283 e. The smallest absolute Gasteiger partial charge is 0.283 e. The number of benzene rings is 2. The summed E-state index contributed by atoms with van der Waals surface area (Å²) in [5, 5.41) is 3.17. The second kappa shape index (κ2) is 7.02. The number of carbonyl (C=O) groups is 2. The molecule has 2 aromatic rings. The third-order valence-corrected chi connectivity index (χ3v) is 4.64. The van der Waals surface area contributed by atoms with Crippen molar-refractivity contribution < 1.29 is 14.3 Å². The van der Waals surface area contributed by atoms with Crippen LogP contribution in [0.25, 0.3) is 0 Å². The van der Waals surface area contributed by atoms with Crippen LogP contribution >= 0.6 is 23.2 Å². The first-order valence-corrected chi connectivity index (χ1v) is 8.55. The second-order valence-corrected chi connectivity index (χ2v) is 6.71. The first kappa shape index (κ1) is 18.3. The second-order valence-electron chi connectivity index (χ2n) is 5.89. The Morgan fingerprint density at radius 1 is 1.00 bits per heavy atom. The molecule has 2 aromatic carbocycles. The molecule has 26 heavy (non-hydrogen) atoms. The fourth-order valence-corrected chi connectivity index (χ4v) is 3.14. The van der Waals surface area contributed by atoms with Crippen LogP contribution in [0, 0.1) is 13.8 Å². The fraction of sp³-hybridized carbons (Fsp3) is 0.158. The van der Waals surface area contributed by atoms with Gasteiger partial charge in [-0.1, -0.05) is 40.9 Å². The summed E-state index contributed by atoms with van der Waals surface area (Å²) in [5.74, 6) is -0.863. The van der Waals surface area contributed by atoms with Crippen LogP contribution in [-0.2, 0) is 9.59 Å². The lowest BCUT2D eigenvalue weighted by Gasteiger charge is -2.18. The van der Waals surface area contributed by atoms with E-state index >= 15 is 0 Å². The summed E-state index contributed by atoms with van der Waals surface area (Å²) in [6, 6.07) is 10.4. The van der Waals surface area contributed by atoms with E-state index < -0.39 is 11.8 Å². The third kappa shape index (κ3) is 3.16. The summed E-state index contributed by atoms with van der Waals surface area (Å²) >= 11 is 12.2. The lowest BCUT2D eigenvalue weighted by atomic mass is 10.1. The predicted molar refractivity (Wildman–Crippen MR) is 103 cm³/mol. The maximum absolute atomic E-state index is 12.9. The quantitative estimate of drug-likeness (QED) is 0.785. The molecule has 0 bridgehead atoms. The Bertz CT molecular complexity index is 954. The molecule has 7 heteroatoms. The highest BCUT2D eigenvalue weighted by molar-refractivity contribution is 6.53. The van der Waals surface area contributed by atoms with Gasteiger partial charge in [-0.15, -0.1) is 0 Å². The van der Waals surface area contributed by atoms with Crippen LogP contribution in [0.5, 0.6) is 5.75 Å². The Balaban J connectivity index is 1.99. The third-order valence-electron chi connectivity index (χ3n) is 4.05. The average Bonchev–Trinajstić information content (AvgIpc) is 2.80. The van der Waals surface area contributed by atoms with Crippen molar-refractivity contribution in [1.82, 2.24) is 0 Å². The Morgan fingerprint density at radius 3 is 2.38 bits per heavy atom. The SMILES string of the molecule is COc1ccc(Cl)cc1N1C(=O)C(Cl)=C(Nc2ccc(C)cc2C)C1=O. The Kier molecular flexibility index (Phi) is 4.94. The molecule has 5 nitrogen and oxygen atoms in total. The summed E-state index contributed by atoms with van der Waals surface area (Å²) in [7, 11) is 1.45. The van der Waals surface area contributed by atoms with E-state index in [2.05, 4.69) is 5.32 Å². The van der Waals surface area contributed by atoms with Gasteiger partial charge in [0, 0.05) is 10.7 Å². The van der Waals surface area contributed by atoms with Crippen molar-refractivity contribution in [3.05, 3.63) is 63.3 Å². The first-order chi connectivity index (χ1) is 12.3. The van der Waals surface area contributed by atoms with Gasteiger partial charge in [0.2, 0.25) is 0 Å². The zero-order valence-electron chi connectivity index (χ0n) is 14.4. The topological polar surface area (TPSA) is 58.6 Å². The molecule has 134 valence electrons. The van der Waals surface area contributed by atoms with Gasteiger partial charge in [0.25, 0.3) is 11.8 Å². The van der Waals surface area contributed by atoms with Crippen LogP contribution in [0.4, 0.5) is 11.4 Å². The molecule has 1 N–H and O–H groups in total. The number of carbonyl (C=O) groups excluding carboxylic acids is 2. The van der Waals surface area contributed by atoms with E-state index in [0.717, 1.165) is 16.0 Å². The number of ether oxygens (including phenoxy) is 1. The molecule has 0 aromatic heterocycles. The number of anilines is 2. The van der Waals surface area contributed by atoms with Gasteiger partial charge in [-0.2, -0.15) is 0 Å². The highest BCUT2D eigenvalue weighted by Gasteiger charge is 2.40. The molecule has 0 fully saturated rings. The number of hydrogen-bond donors (Lipinski definition) is 1. The number of nitrogens with zero attached hydrogens (tertiary/aromatic N) is 1. The Hall–Kier alpha value is -2.50. The molecular weight excluding hydrogens is 375 g/mol. The normalized spacial score (nSPS) is 14.3. The number of methoxy groups -OCH3 is 1. The minimum absolute atomic E-state index is 0.0191. The summed E-state index contributed by atoms with van der Waals surface area (Å²) in [6.07, 6.45) is 0. The molecule has 1 aliphatic rings. The van der Waals surface area contributed by atoms with Gasteiger partial charge in [0.05, 0.1) is 12.8 Å². The minimum Gasteiger partial charge on any atom is -0.495 e. The Morgan fingerprint density at radius 2 is 1.73 bits per heavy atom. The van der Waals surface area contributed by atoms with Crippen molar-refractivity contribution in [2.45, 2.75) is 13.8 Å². The van der Waals surface area contributed by atoms with Gasteiger partial charge in [0.15, 0.2) is 0 Å². The molecule has 0 atom stereocenters. The molecule has 1 heterocycles. The largest absolute Gasteiger partial charge is 0.495 e. The number of imide groups is 1. The van der Waals surface area contributed by atoms with E-state index in [0.29, 0.717) is 16.5 Å². The van der Waals surface area contributed by atoms with Crippen molar-refractivity contribution in [3.8, 4) is 5.75 Å². The van der Waals surface area contributed by atoms with Gasteiger partial charge in [-0.25, -0.2) is 4.90 Å². The van der Waals surface area contributed by atoms with E-state index in [-0.39, 0.29) is 16.4 Å². The standard InChI is InChI=1S/C19H16Cl2N2O3/c1-10-4-6-13(11(2)8-10)22-17-16(21)18(24)23(19(17)25)14-9-12(20)5-7-15(14)26-3/h4-9,22H,1-3H3. The zero-order valence-corrected chi connectivity index (χ0v) is 15.9. The molecule has 0 spiro atoms. The monoisotopic (exact) mass is 390 g/mol. The number of hydrogen-bond acceptors (Lipinski definition) is 4.